The molecule has 0 fully saturated rings. The van der Waals surface area contributed by atoms with Crippen LogP contribution in [-0.2, 0) is 0 Å². The zero-order valence-corrected chi connectivity index (χ0v) is 22.3. The van der Waals surface area contributed by atoms with E-state index in [1.165, 1.54) is 0 Å². The Balaban J connectivity index is 0.00000576. The molecule has 0 radical (unpaired) electrons. The molecule has 0 amide bonds. The summed E-state index contributed by atoms with van der Waals surface area (Å²) in [7, 11) is 0. The van der Waals surface area contributed by atoms with Crippen molar-refractivity contribution in [3.63, 3.8) is 0 Å². The molecule has 0 aliphatic rings. The molecule has 0 aliphatic carbocycles. The van der Waals surface area contributed by atoms with E-state index >= 15 is 35.1 Å². The third kappa shape index (κ3) is 4.51. The summed E-state index contributed by atoms with van der Waals surface area (Å²) in [6.45, 7) is 0. The molecule has 4 rings (SSSR count). The highest BCUT2D eigenvalue weighted by atomic mass is 27.2. The third-order valence-corrected chi connectivity index (χ3v) is 12.2. The molecule has 0 saturated heterocycles. The fraction of sp³-hybridized carbons (Fsp3) is 0. The van der Waals surface area contributed by atoms with Crippen LogP contribution in [0.15, 0.2) is 0 Å². The topological polar surface area (TPSA) is 36.5 Å². The van der Waals surface area contributed by atoms with Gasteiger partial charge in [0.25, 0.3) is 0 Å². The molecule has 4 N–H and O–H groups in total. The number of rotatable bonds is 4. The Morgan fingerprint density at radius 1 is 0.174 bits per heavy atom. The highest BCUT2D eigenvalue weighted by Gasteiger charge is 2.55. The summed E-state index contributed by atoms with van der Waals surface area (Å²) in [6.07, 6.45) is 0. The smallest absolute Gasteiger partial charge is 0.300 e. The van der Waals surface area contributed by atoms with Crippen LogP contribution in [0.25, 0.3) is 0 Å². The first-order valence-corrected chi connectivity index (χ1v) is 13.2. The molecule has 0 unspecified atom stereocenters. The standard InChI is InChI=1S/4C6F5.Al.H3N/c4*7-2-1-3(8)5(10)6(11)4(2)9;;/h;;;;;1H3/q;;;;-1;/p+1. The molecule has 0 heterocycles. The third-order valence-electron chi connectivity index (χ3n) is 6.71. The molecule has 0 spiro atoms. The van der Waals surface area contributed by atoms with Crippen molar-refractivity contribution in [2.45, 2.75) is 0 Å². The van der Waals surface area contributed by atoms with E-state index in [0.717, 1.165) is 0 Å². The van der Waals surface area contributed by atoms with Crippen LogP contribution in [-0.4, -0.2) is 13.1 Å². The van der Waals surface area contributed by atoms with Crippen LogP contribution in [0, 0.1) is 116 Å². The number of benzene rings is 4. The molecule has 4 aromatic rings. The molecule has 0 atom stereocenters. The van der Waals surface area contributed by atoms with Crippen molar-refractivity contribution in [1.82, 2.24) is 6.15 Å². The molecule has 22 heteroatoms. The molecule has 0 aromatic heterocycles. The first kappa shape index (κ1) is 36.4. The van der Waals surface area contributed by atoms with Crippen LogP contribution in [0.1, 0.15) is 0 Å². The first-order chi connectivity index (χ1) is 20.7. The largest absolute Gasteiger partial charge is 0.369 e. The lowest BCUT2D eigenvalue weighted by atomic mass is 10.2. The van der Waals surface area contributed by atoms with Crippen LogP contribution in [0.3, 0.4) is 0 Å². The molecule has 248 valence electrons. The Hall–Kier alpha value is -4.03. The van der Waals surface area contributed by atoms with Gasteiger partial charge in [0.2, 0.25) is 0 Å². The van der Waals surface area contributed by atoms with Crippen molar-refractivity contribution < 1.29 is 87.8 Å². The van der Waals surface area contributed by atoms with Crippen LogP contribution < -0.4 is 23.9 Å². The second-order valence-corrected chi connectivity index (χ2v) is 12.8. The van der Waals surface area contributed by atoms with Crippen molar-refractivity contribution in [3.8, 4) is 0 Å². The summed E-state index contributed by atoms with van der Waals surface area (Å²) < 4.78 is 280. The van der Waals surface area contributed by atoms with Gasteiger partial charge in [-0.2, -0.15) is 0 Å². The summed E-state index contributed by atoms with van der Waals surface area (Å²) in [6, 6.07) is 0. The van der Waals surface area contributed by atoms with Gasteiger partial charge in [0.15, 0.2) is 69.8 Å². The minimum Gasteiger partial charge on any atom is -0.369 e. The van der Waals surface area contributed by atoms with E-state index in [1.807, 2.05) is 0 Å². The summed E-state index contributed by atoms with van der Waals surface area (Å²) in [5, 5.41) is 0. The highest BCUT2D eigenvalue weighted by Crippen LogP contribution is 2.30. The summed E-state index contributed by atoms with van der Waals surface area (Å²) in [5.74, 6) is -70.8. The molecule has 46 heavy (non-hydrogen) atoms. The predicted molar refractivity (Wildman–Crippen MR) is 115 cm³/mol. The monoisotopic (exact) mass is 713 g/mol. The van der Waals surface area contributed by atoms with Crippen LogP contribution in [0.4, 0.5) is 87.8 Å². The lowest BCUT2D eigenvalue weighted by Gasteiger charge is -2.42. The van der Waals surface area contributed by atoms with E-state index in [-0.39, 0.29) is 6.15 Å². The number of quaternary nitrogens is 1. The molecule has 0 bridgehead atoms. The SMILES string of the molecule is Fc1c(F)c(F)[c]([Al-]([c]2c(F)c(F)c(F)c(F)c2F)([c]2c(F)c(F)c(F)c(F)c2F)[c]2c(F)c(F)c(F)c(F)c2F)c(F)c1F.[NH4+]. The van der Waals surface area contributed by atoms with Crippen molar-refractivity contribution in [1.29, 1.82) is 0 Å². The molecular weight excluding hydrogens is 709 g/mol. The number of halogens is 20. The highest BCUT2D eigenvalue weighted by molar-refractivity contribution is 7.20. The zero-order valence-electron chi connectivity index (χ0n) is 21.1. The lowest BCUT2D eigenvalue weighted by Crippen LogP contribution is -2.81. The predicted octanol–water partition coefficient (Wildman–Crippen LogP) is 6.22. The minimum absolute atomic E-state index is 0. The average Bonchev–Trinajstić information content (AvgIpc) is 3.00. The molecule has 4 aromatic carbocycles. The first-order valence-electron chi connectivity index (χ1n) is 10.9. The lowest BCUT2D eigenvalue weighted by molar-refractivity contribution is 0.378. The average molecular weight is 713 g/mol. The van der Waals surface area contributed by atoms with Gasteiger partial charge in [0.1, 0.15) is 46.5 Å². The maximum absolute atomic E-state index is 15.4. The fourth-order valence-electron chi connectivity index (χ4n) is 4.87. The van der Waals surface area contributed by atoms with E-state index < -0.39 is 147 Å². The number of hydrogen-bond donors (Lipinski definition) is 1. The van der Waals surface area contributed by atoms with Gasteiger partial charge in [-0.25, -0.2) is 87.8 Å². The summed E-state index contributed by atoms with van der Waals surface area (Å²) >= 11 is -9.08. The Bertz CT molecular complexity index is 1580. The number of hydrogen-bond acceptors (Lipinski definition) is 0. The summed E-state index contributed by atoms with van der Waals surface area (Å²) in [4.78, 5) is 0. The van der Waals surface area contributed by atoms with Gasteiger partial charge in [0, 0.05) is 0 Å². The van der Waals surface area contributed by atoms with E-state index in [9.17, 15) is 52.7 Å². The van der Waals surface area contributed by atoms with Crippen LogP contribution in [0.2, 0.25) is 0 Å². The van der Waals surface area contributed by atoms with Crippen molar-refractivity contribution in [2.75, 3.05) is 0 Å². The van der Waals surface area contributed by atoms with Gasteiger partial charge in [-0.1, -0.05) is 0 Å². The zero-order chi connectivity index (χ0) is 34.4. The van der Waals surface area contributed by atoms with Gasteiger partial charge in [-0.05, 0) is 0 Å². The fourth-order valence-corrected chi connectivity index (χ4v) is 10.7. The second-order valence-electron chi connectivity index (χ2n) is 8.80. The summed E-state index contributed by atoms with van der Waals surface area (Å²) in [5.41, 5.74) is 0. The quantitative estimate of drug-likeness (QED) is 0.113. The van der Waals surface area contributed by atoms with Crippen molar-refractivity contribution in [3.05, 3.63) is 116 Å². The van der Waals surface area contributed by atoms with Gasteiger partial charge in [-0.15, -0.1) is 17.7 Å². The molecule has 0 saturated carbocycles. The Morgan fingerprint density at radius 3 is 0.370 bits per heavy atom. The molecule has 0 aliphatic heterocycles. The second kappa shape index (κ2) is 12.0. The Kier molecular flexibility index (Phi) is 9.48. The normalized spacial score (nSPS) is 11.7. The van der Waals surface area contributed by atoms with E-state index in [1.54, 1.807) is 0 Å². The van der Waals surface area contributed by atoms with Crippen LogP contribution >= 0.6 is 0 Å². The Morgan fingerprint density at radius 2 is 0.261 bits per heavy atom. The maximum Gasteiger partial charge on any atom is 0.300 e. The van der Waals surface area contributed by atoms with E-state index in [4.69, 9.17) is 0 Å². The minimum atomic E-state index is -9.08. The van der Waals surface area contributed by atoms with E-state index in [2.05, 4.69) is 0 Å². The molecular formula is C24H4AlF20N. The van der Waals surface area contributed by atoms with Crippen molar-refractivity contribution >= 4 is 30.8 Å². The van der Waals surface area contributed by atoms with Crippen LogP contribution in [0.5, 0.6) is 0 Å². The van der Waals surface area contributed by atoms with Gasteiger partial charge in [-0.3, -0.25) is 0 Å². The maximum atomic E-state index is 15.4. The Labute approximate surface area is 241 Å². The van der Waals surface area contributed by atoms with Gasteiger partial charge < -0.3 is 6.15 Å². The van der Waals surface area contributed by atoms with Gasteiger partial charge in [0.05, 0.1) is 0 Å². The van der Waals surface area contributed by atoms with Gasteiger partial charge >= 0.3 is 13.1 Å². The van der Waals surface area contributed by atoms with E-state index in [0.29, 0.717) is 0 Å². The molecule has 1 nitrogen and oxygen atoms in total. The van der Waals surface area contributed by atoms with Crippen molar-refractivity contribution in [2.24, 2.45) is 0 Å².